The average molecular weight is 336 g/mol. The molecule has 1 unspecified atom stereocenters. The molecule has 0 saturated heterocycles. The van der Waals surface area contributed by atoms with Crippen molar-refractivity contribution in [2.75, 3.05) is 0 Å². The maximum absolute atomic E-state index is 12.7. The lowest BCUT2D eigenvalue weighted by Crippen LogP contribution is -2.26. The number of sulfone groups is 1. The summed E-state index contributed by atoms with van der Waals surface area (Å²) >= 11 is 0. The standard InChI is InChI=1S/C14H12N2O6S/c15-22-14(17)13(10-4-2-1-3-5-10)23(20,21)12-8-6-11(7-9-12)16(18)19/h1-9,13H,15H2. The van der Waals surface area contributed by atoms with Crippen molar-refractivity contribution >= 4 is 21.5 Å². The van der Waals surface area contributed by atoms with Gasteiger partial charge in [-0.15, -0.1) is 0 Å². The SMILES string of the molecule is NOC(=O)C(c1ccccc1)S(=O)(=O)c1ccc([N+](=O)[O-])cc1. The fourth-order valence-corrected chi connectivity index (χ4v) is 3.64. The fraction of sp³-hybridized carbons (Fsp3) is 0.0714. The summed E-state index contributed by atoms with van der Waals surface area (Å²) in [6, 6.07) is 11.9. The first-order chi connectivity index (χ1) is 10.9. The van der Waals surface area contributed by atoms with E-state index in [2.05, 4.69) is 4.84 Å². The van der Waals surface area contributed by atoms with Crippen molar-refractivity contribution in [3.8, 4) is 0 Å². The summed E-state index contributed by atoms with van der Waals surface area (Å²) in [7, 11) is -4.19. The molecule has 2 aromatic carbocycles. The second-order valence-corrected chi connectivity index (χ2v) is 6.56. The predicted molar refractivity (Wildman–Crippen MR) is 79.7 cm³/mol. The van der Waals surface area contributed by atoms with E-state index >= 15 is 0 Å². The van der Waals surface area contributed by atoms with E-state index in [1.165, 1.54) is 12.1 Å². The van der Waals surface area contributed by atoms with E-state index in [0.717, 1.165) is 24.3 Å². The lowest BCUT2D eigenvalue weighted by molar-refractivity contribution is -0.384. The molecule has 8 nitrogen and oxygen atoms in total. The van der Waals surface area contributed by atoms with Gasteiger partial charge in [0.05, 0.1) is 9.82 Å². The number of carbonyl (C=O) groups is 1. The Labute approximate surface area is 131 Å². The van der Waals surface area contributed by atoms with Gasteiger partial charge in [0, 0.05) is 12.1 Å². The Hall–Kier alpha value is -2.78. The molecule has 0 aliphatic carbocycles. The second kappa shape index (κ2) is 6.55. The van der Waals surface area contributed by atoms with Crippen LogP contribution in [0.4, 0.5) is 5.69 Å². The summed E-state index contributed by atoms with van der Waals surface area (Å²) in [5.41, 5.74) is -0.0806. The minimum atomic E-state index is -4.19. The van der Waals surface area contributed by atoms with Crippen LogP contribution in [-0.2, 0) is 19.5 Å². The Morgan fingerprint density at radius 2 is 1.65 bits per heavy atom. The van der Waals surface area contributed by atoms with Gasteiger partial charge in [-0.25, -0.2) is 13.2 Å². The maximum Gasteiger partial charge on any atom is 0.347 e. The summed E-state index contributed by atoms with van der Waals surface area (Å²) in [6.07, 6.45) is 0. The van der Waals surface area contributed by atoms with Crippen LogP contribution in [0.2, 0.25) is 0 Å². The van der Waals surface area contributed by atoms with Gasteiger partial charge in [0.15, 0.2) is 15.1 Å². The monoisotopic (exact) mass is 336 g/mol. The van der Waals surface area contributed by atoms with Gasteiger partial charge in [-0.3, -0.25) is 10.1 Å². The first kappa shape index (κ1) is 16.6. The Balaban J connectivity index is 2.52. The number of hydrogen-bond acceptors (Lipinski definition) is 7. The average Bonchev–Trinajstić information content (AvgIpc) is 2.55. The van der Waals surface area contributed by atoms with E-state index in [1.54, 1.807) is 18.2 Å². The number of nitrogens with two attached hydrogens (primary N) is 1. The number of carbonyl (C=O) groups excluding carboxylic acids is 1. The second-order valence-electron chi connectivity index (χ2n) is 4.52. The molecule has 0 aliphatic rings. The molecule has 0 heterocycles. The van der Waals surface area contributed by atoms with Gasteiger partial charge < -0.3 is 4.84 Å². The normalized spacial score (nSPS) is 12.4. The number of benzene rings is 2. The van der Waals surface area contributed by atoms with E-state index in [1.807, 2.05) is 0 Å². The summed E-state index contributed by atoms with van der Waals surface area (Å²) < 4.78 is 25.4. The number of non-ortho nitro benzene ring substituents is 1. The molecule has 2 rings (SSSR count). The van der Waals surface area contributed by atoms with Gasteiger partial charge in [0.25, 0.3) is 5.69 Å². The largest absolute Gasteiger partial charge is 0.372 e. The van der Waals surface area contributed by atoms with Crippen molar-refractivity contribution in [1.82, 2.24) is 0 Å². The van der Waals surface area contributed by atoms with Crippen molar-refractivity contribution in [3.63, 3.8) is 0 Å². The zero-order valence-corrected chi connectivity index (χ0v) is 12.5. The van der Waals surface area contributed by atoms with E-state index in [4.69, 9.17) is 5.90 Å². The third kappa shape index (κ3) is 3.35. The van der Waals surface area contributed by atoms with Crippen LogP contribution in [0.5, 0.6) is 0 Å². The molecule has 1 atom stereocenters. The van der Waals surface area contributed by atoms with Gasteiger partial charge >= 0.3 is 5.97 Å². The van der Waals surface area contributed by atoms with Crippen molar-refractivity contribution in [2.24, 2.45) is 5.90 Å². The molecule has 9 heteroatoms. The van der Waals surface area contributed by atoms with Gasteiger partial charge in [0.1, 0.15) is 0 Å². The smallest absolute Gasteiger partial charge is 0.347 e. The molecule has 23 heavy (non-hydrogen) atoms. The molecular weight excluding hydrogens is 324 g/mol. The first-order valence-corrected chi connectivity index (χ1v) is 7.86. The molecule has 2 N–H and O–H groups in total. The van der Waals surface area contributed by atoms with Crippen LogP contribution in [0.3, 0.4) is 0 Å². The van der Waals surface area contributed by atoms with Crippen LogP contribution >= 0.6 is 0 Å². The quantitative estimate of drug-likeness (QED) is 0.647. The summed E-state index contributed by atoms with van der Waals surface area (Å²) in [5, 5.41) is 8.98. The number of nitro benzene ring substituents is 1. The molecule has 0 radical (unpaired) electrons. The Morgan fingerprint density at radius 1 is 1.09 bits per heavy atom. The Morgan fingerprint density at radius 3 is 2.13 bits per heavy atom. The molecule has 0 aliphatic heterocycles. The van der Waals surface area contributed by atoms with Crippen molar-refractivity contribution < 1.29 is 23.0 Å². The van der Waals surface area contributed by atoms with Crippen molar-refractivity contribution in [1.29, 1.82) is 0 Å². The highest BCUT2D eigenvalue weighted by Crippen LogP contribution is 2.30. The summed E-state index contributed by atoms with van der Waals surface area (Å²) in [5.74, 6) is 3.70. The molecule has 0 saturated carbocycles. The minimum Gasteiger partial charge on any atom is -0.372 e. The van der Waals surface area contributed by atoms with Gasteiger partial charge in [-0.05, 0) is 17.7 Å². The van der Waals surface area contributed by atoms with Crippen LogP contribution in [0.15, 0.2) is 59.5 Å². The predicted octanol–water partition coefficient (Wildman–Crippen LogP) is 1.53. The summed E-state index contributed by atoms with van der Waals surface area (Å²) in [4.78, 5) is 25.7. The number of nitro groups is 1. The molecule has 2 aromatic rings. The highest BCUT2D eigenvalue weighted by molar-refractivity contribution is 7.92. The van der Waals surface area contributed by atoms with E-state index in [0.29, 0.717) is 0 Å². The number of rotatable bonds is 5. The highest BCUT2D eigenvalue weighted by Gasteiger charge is 2.37. The van der Waals surface area contributed by atoms with Crippen molar-refractivity contribution in [3.05, 3.63) is 70.3 Å². The van der Waals surface area contributed by atoms with E-state index in [9.17, 15) is 23.3 Å². The molecule has 0 bridgehead atoms. The molecular formula is C14H12N2O6S. The molecule has 0 amide bonds. The number of nitrogens with zero attached hydrogens (tertiary/aromatic N) is 1. The molecule has 0 aromatic heterocycles. The third-order valence-electron chi connectivity index (χ3n) is 3.12. The van der Waals surface area contributed by atoms with E-state index < -0.39 is 26.0 Å². The van der Waals surface area contributed by atoms with Crippen LogP contribution in [-0.4, -0.2) is 19.3 Å². The minimum absolute atomic E-state index is 0.182. The Bertz CT molecular complexity index is 818. The van der Waals surface area contributed by atoms with Gasteiger partial charge in [-0.2, -0.15) is 5.90 Å². The van der Waals surface area contributed by atoms with Crippen molar-refractivity contribution in [2.45, 2.75) is 10.1 Å². The van der Waals surface area contributed by atoms with Gasteiger partial charge in [0.2, 0.25) is 0 Å². The third-order valence-corrected chi connectivity index (χ3v) is 5.13. The molecule has 0 spiro atoms. The van der Waals surface area contributed by atoms with E-state index in [-0.39, 0.29) is 16.1 Å². The van der Waals surface area contributed by atoms with Gasteiger partial charge in [-0.1, -0.05) is 30.3 Å². The zero-order valence-electron chi connectivity index (χ0n) is 11.7. The fourth-order valence-electron chi connectivity index (χ4n) is 2.03. The summed E-state index contributed by atoms with van der Waals surface area (Å²) in [6.45, 7) is 0. The zero-order chi connectivity index (χ0) is 17.0. The first-order valence-electron chi connectivity index (χ1n) is 6.32. The van der Waals surface area contributed by atoms with Crippen LogP contribution < -0.4 is 5.90 Å². The van der Waals surface area contributed by atoms with Crippen LogP contribution in [0, 0.1) is 10.1 Å². The Kier molecular flexibility index (Phi) is 4.72. The lowest BCUT2D eigenvalue weighted by atomic mass is 10.1. The van der Waals surface area contributed by atoms with Crippen LogP contribution in [0.25, 0.3) is 0 Å². The number of hydrogen-bond donors (Lipinski definition) is 1. The van der Waals surface area contributed by atoms with Crippen LogP contribution in [0.1, 0.15) is 10.8 Å². The lowest BCUT2D eigenvalue weighted by Gasteiger charge is -2.15. The highest BCUT2D eigenvalue weighted by atomic mass is 32.2. The maximum atomic E-state index is 12.7. The topological polar surface area (TPSA) is 130 Å². The molecule has 120 valence electrons. The molecule has 0 fully saturated rings.